The van der Waals surface area contributed by atoms with Crippen LogP contribution in [-0.2, 0) is 10.3 Å². The zero-order valence-corrected chi connectivity index (χ0v) is 12.9. The number of carbonyl (C=O) groups excluding carboxylic acids is 1. The number of hydrogen-bond acceptors (Lipinski definition) is 4. The van der Waals surface area contributed by atoms with Crippen LogP contribution < -0.4 is 20.5 Å². The lowest BCUT2D eigenvalue weighted by Gasteiger charge is -2.32. The number of hydrogen-bond donors (Lipinski definition) is 2. The standard InChI is InChI=1S/C17H24N2O3/c18-9-3-4-16(20)19-17(7-1-2-8-17)13-5-6-14-15(12-13)22-11-10-21-14/h5-6,12H,1-4,7-11,18H2,(H,19,20). The van der Waals surface area contributed by atoms with Gasteiger partial charge >= 0.3 is 0 Å². The second-order valence-corrected chi connectivity index (χ2v) is 6.09. The van der Waals surface area contributed by atoms with Crippen molar-refractivity contribution in [3.63, 3.8) is 0 Å². The van der Waals surface area contributed by atoms with Crippen molar-refractivity contribution >= 4 is 5.91 Å². The molecule has 0 radical (unpaired) electrons. The Morgan fingerprint density at radius 1 is 1.18 bits per heavy atom. The highest BCUT2D eigenvalue weighted by molar-refractivity contribution is 5.77. The summed E-state index contributed by atoms with van der Waals surface area (Å²) in [5.41, 5.74) is 6.35. The summed E-state index contributed by atoms with van der Waals surface area (Å²) in [4.78, 5) is 12.2. The van der Waals surface area contributed by atoms with E-state index in [-0.39, 0.29) is 11.4 Å². The van der Waals surface area contributed by atoms with Gasteiger partial charge in [-0.15, -0.1) is 0 Å². The van der Waals surface area contributed by atoms with Gasteiger partial charge in [0.25, 0.3) is 0 Å². The third-order valence-electron chi connectivity index (χ3n) is 4.54. The van der Waals surface area contributed by atoms with Crippen molar-refractivity contribution < 1.29 is 14.3 Å². The van der Waals surface area contributed by atoms with Crippen LogP contribution in [0.5, 0.6) is 11.5 Å². The SMILES string of the molecule is NCCCC(=O)NC1(c2ccc3c(c2)OCCO3)CCCC1. The number of nitrogens with one attached hydrogen (secondary N) is 1. The van der Waals surface area contributed by atoms with Crippen LogP contribution in [0.4, 0.5) is 0 Å². The summed E-state index contributed by atoms with van der Waals surface area (Å²) in [5.74, 6) is 1.66. The number of fused-ring (bicyclic) bond motifs is 1. The summed E-state index contributed by atoms with van der Waals surface area (Å²) < 4.78 is 11.3. The fourth-order valence-corrected chi connectivity index (χ4v) is 3.40. The van der Waals surface area contributed by atoms with Crippen molar-refractivity contribution in [2.45, 2.75) is 44.1 Å². The average Bonchev–Trinajstić information content (AvgIpc) is 3.02. The summed E-state index contributed by atoms with van der Waals surface area (Å²) in [6.45, 7) is 1.71. The summed E-state index contributed by atoms with van der Waals surface area (Å²) in [7, 11) is 0. The first-order chi connectivity index (χ1) is 10.7. The molecule has 2 aliphatic rings. The summed E-state index contributed by atoms with van der Waals surface area (Å²) in [6.07, 6.45) is 5.42. The van der Waals surface area contributed by atoms with Gasteiger partial charge in [-0.05, 0) is 43.5 Å². The van der Waals surface area contributed by atoms with E-state index in [1.54, 1.807) is 0 Å². The molecule has 1 heterocycles. The normalized spacial score (nSPS) is 19.0. The maximum absolute atomic E-state index is 12.2. The van der Waals surface area contributed by atoms with Gasteiger partial charge in [-0.1, -0.05) is 18.9 Å². The summed E-state index contributed by atoms with van der Waals surface area (Å²) >= 11 is 0. The van der Waals surface area contributed by atoms with Crippen LogP contribution in [0.15, 0.2) is 18.2 Å². The molecule has 3 rings (SSSR count). The van der Waals surface area contributed by atoms with Crippen molar-refractivity contribution in [3.05, 3.63) is 23.8 Å². The highest BCUT2D eigenvalue weighted by Crippen LogP contribution is 2.42. The minimum absolute atomic E-state index is 0.0854. The molecule has 1 aromatic rings. The van der Waals surface area contributed by atoms with E-state index < -0.39 is 0 Å². The van der Waals surface area contributed by atoms with Crippen molar-refractivity contribution in [3.8, 4) is 11.5 Å². The number of rotatable bonds is 5. The Bertz CT molecular complexity index is 539. The minimum atomic E-state index is -0.262. The average molecular weight is 304 g/mol. The van der Waals surface area contributed by atoms with Crippen LogP contribution in [0, 0.1) is 0 Å². The van der Waals surface area contributed by atoms with Gasteiger partial charge in [0.15, 0.2) is 11.5 Å². The zero-order valence-electron chi connectivity index (χ0n) is 12.9. The smallest absolute Gasteiger partial charge is 0.220 e. The predicted molar refractivity (Wildman–Crippen MR) is 84.0 cm³/mol. The fraction of sp³-hybridized carbons (Fsp3) is 0.588. The van der Waals surface area contributed by atoms with Crippen molar-refractivity contribution in [1.29, 1.82) is 0 Å². The van der Waals surface area contributed by atoms with E-state index in [1.165, 1.54) is 0 Å². The summed E-state index contributed by atoms with van der Waals surface area (Å²) in [6, 6.07) is 6.04. The molecular weight excluding hydrogens is 280 g/mol. The molecule has 5 heteroatoms. The maximum Gasteiger partial charge on any atom is 0.220 e. The number of carbonyl (C=O) groups is 1. The number of ether oxygens (including phenoxy) is 2. The van der Waals surface area contributed by atoms with Crippen LogP contribution in [0.25, 0.3) is 0 Å². The van der Waals surface area contributed by atoms with Gasteiger partial charge in [0.1, 0.15) is 13.2 Å². The highest BCUT2D eigenvalue weighted by Gasteiger charge is 2.37. The molecule has 1 aromatic carbocycles. The Balaban J connectivity index is 1.82. The molecule has 1 fully saturated rings. The van der Waals surface area contributed by atoms with E-state index in [1.807, 2.05) is 12.1 Å². The van der Waals surface area contributed by atoms with Crippen LogP contribution in [0.1, 0.15) is 44.1 Å². The second-order valence-electron chi connectivity index (χ2n) is 6.09. The lowest BCUT2D eigenvalue weighted by atomic mass is 9.87. The highest BCUT2D eigenvalue weighted by atomic mass is 16.6. The van der Waals surface area contributed by atoms with Gasteiger partial charge in [0.05, 0.1) is 5.54 Å². The lowest BCUT2D eigenvalue weighted by molar-refractivity contribution is -0.123. The monoisotopic (exact) mass is 304 g/mol. The van der Waals surface area contributed by atoms with E-state index in [4.69, 9.17) is 15.2 Å². The molecule has 0 aromatic heterocycles. The Morgan fingerprint density at radius 3 is 2.64 bits per heavy atom. The Morgan fingerprint density at radius 2 is 1.91 bits per heavy atom. The molecule has 120 valence electrons. The largest absolute Gasteiger partial charge is 0.486 e. The number of benzene rings is 1. The molecule has 0 unspecified atom stereocenters. The molecule has 1 saturated carbocycles. The lowest BCUT2D eigenvalue weighted by Crippen LogP contribution is -2.43. The Hall–Kier alpha value is -1.75. The van der Waals surface area contributed by atoms with E-state index in [0.29, 0.717) is 26.2 Å². The van der Waals surface area contributed by atoms with Crippen molar-refractivity contribution in [2.75, 3.05) is 19.8 Å². The van der Waals surface area contributed by atoms with Gasteiger partial charge in [-0.2, -0.15) is 0 Å². The first kappa shape index (κ1) is 15.2. The van der Waals surface area contributed by atoms with Gasteiger partial charge in [0.2, 0.25) is 5.91 Å². The Kier molecular flexibility index (Phi) is 4.52. The van der Waals surface area contributed by atoms with E-state index in [2.05, 4.69) is 11.4 Å². The molecule has 22 heavy (non-hydrogen) atoms. The fourth-order valence-electron chi connectivity index (χ4n) is 3.40. The van der Waals surface area contributed by atoms with Gasteiger partial charge in [-0.3, -0.25) is 4.79 Å². The van der Waals surface area contributed by atoms with Gasteiger partial charge < -0.3 is 20.5 Å². The van der Waals surface area contributed by atoms with E-state index in [0.717, 1.165) is 49.2 Å². The predicted octanol–water partition coefficient (Wildman–Crippen LogP) is 2.08. The molecule has 3 N–H and O–H groups in total. The molecule has 0 atom stereocenters. The van der Waals surface area contributed by atoms with Crippen molar-refractivity contribution in [1.82, 2.24) is 5.32 Å². The van der Waals surface area contributed by atoms with Crippen LogP contribution in [0.2, 0.25) is 0 Å². The van der Waals surface area contributed by atoms with Crippen molar-refractivity contribution in [2.24, 2.45) is 5.73 Å². The molecule has 5 nitrogen and oxygen atoms in total. The first-order valence-corrected chi connectivity index (χ1v) is 8.15. The minimum Gasteiger partial charge on any atom is -0.486 e. The van der Waals surface area contributed by atoms with Crippen LogP contribution >= 0.6 is 0 Å². The number of amides is 1. The first-order valence-electron chi connectivity index (χ1n) is 8.15. The zero-order chi connectivity index (χ0) is 15.4. The molecule has 1 aliphatic carbocycles. The topological polar surface area (TPSA) is 73.6 Å². The maximum atomic E-state index is 12.2. The quantitative estimate of drug-likeness (QED) is 0.873. The van der Waals surface area contributed by atoms with Gasteiger partial charge in [-0.25, -0.2) is 0 Å². The molecule has 0 bridgehead atoms. The molecule has 1 amide bonds. The third-order valence-corrected chi connectivity index (χ3v) is 4.54. The molecule has 0 spiro atoms. The molecule has 1 aliphatic heterocycles. The molecular formula is C17H24N2O3. The van der Waals surface area contributed by atoms with Crippen LogP contribution in [-0.4, -0.2) is 25.7 Å². The third kappa shape index (κ3) is 3.04. The number of nitrogens with two attached hydrogens (primary N) is 1. The summed E-state index contributed by atoms with van der Waals surface area (Å²) in [5, 5.41) is 3.26. The second kappa shape index (κ2) is 6.57. The Labute approximate surface area is 131 Å². The van der Waals surface area contributed by atoms with Gasteiger partial charge in [0, 0.05) is 6.42 Å². The van der Waals surface area contributed by atoms with E-state index >= 15 is 0 Å². The van der Waals surface area contributed by atoms with Crippen LogP contribution in [0.3, 0.4) is 0 Å². The van der Waals surface area contributed by atoms with E-state index in [9.17, 15) is 4.79 Å². The molecule has 0 saturated heterocycles.